The summed E-state index contributed by atoms with van der Waals surface area (Å²) in [5.41, 5.74) is -1.93. The number of hydrogen-bond donors (Lipinski definition) is 2. The number of carbonyl (C=O) groups excluding carboxylic acids is 2. The van der Waals surface area contributed by atoms with Crippen LogP contribution in [0.4, 0.5) is 9.59 Å². The Labute approximate surface area is 136 Å². The van der Waals surface area contributed by atoms with E-state index in [0.717, 1.165) is 0 Å². The van der Waals surface area contributed by atoms with Gasteiger partial charge in [-0.3, -0.25) is 15.0 Å². The highest BCUT2D eigenvalue weighted by Gasteiger charge is 2.76. The van der Waals surface area contributed by atoms with E-state index in [2.05, 4.69) is 5.32 Å². The fourth-order valence-corrected chi connectivity index (χ4v) is 4.87. The molecule has 120 valence electrons. The summed E-state index contributed by atoms with van der Waals surface area (Å²) in [4.78, 5) is 39.4. The lowest BCUT2D eigenvalue weighted by molar-refractivity contribution is -0.133. The molecule has 0 aromatic heterocycles. The predicted molar refractivity (Wildman–Crippen MR) is 80.0 cm³/mol. The third-order valence-corrected chi connectivity index (χ3v) is 5.80. The molecule has 2 bridgehead atoms. The van der Waals surface area contributed by atoms with Crippen LogP contribution in [0.15, 0.2) is 24.3 Å². The Morgan fingerprint density at radius 1 is 1.39 bits per heavy atom. The lowest BCUT2D eigenvalue weighted by atomic mass is 9.73. The number of piperazine rings is 1. The predicted octanol–water partition coefficient (Wildman–Crippen LogP) is 1.61. The van der Waals surface area contributed by atoms with Gasteiger partial charge in [0.05, 0.1) is 6.04 Å². The van der Waals surface area contributed by atoms with Crippen LogP contribution in [0.2, 0.25) is 5.02 Å². The molecule has 23 heavy (non-hydrogen) atoms. The maximum absolute atomic E-state index is 12.6. The van der Waals surface area contributed by atoms with E-state index in [-0.39, 0.29) is 12.6 Å². The summed E-state index contributed by atoms with van der Waals surface area (Å²) in [6.45, 7) is 1.78. The zero-order valence-electron chi connectivity index (χ0n) is 12.2. The summed E-state index contributed by atoms with van der Waals surface area (Å²) >= 11 is 6.34. The number of halogens is 1. The van der Waals surface area contributed by atoms with Gasteiger partial charge in [-0.05, 0) is 18.6 Å². The lowest BCUT2D eigenvalue weighted by Gasteiger charge is -2.49. The first kappa shape index (κ1) is 14.3. The number of rotatable bonds is 1. The van der Waals surface area contributed by atoms with E-state index >= 15 is 0 Å². The zero-order valence-corrected chi connectivity index (χ0v) is 13.0. The molecule has 0 saturated carbocycles. The van der Waals surface area contributed by atoms with E-state index in [4.69, 9.17) is 11.6 Å². The van der Waals surface area contributed by atoms with Crippen molar-refractivity contribution in [3.8, 4) is 0 Å². The van der Waals surface area contributed by atoms with Gasteiger partial charge in [0.2, 0.25) is 0 Å². The molecule has 3 aliphatic heterocycles. The molecular weight excluding hydrogens is 322 g/mol. The van der Waals surface area contributed by atoms with E-state index in [1.54, 1.807) is 31.2 Å². The largest absolute Gasteiger partial charge is 0.465 e. The van der Waals surface area contributed by atoms with E-state index in [1.807, 2.05) is 0 Å². The van der Waals surface area contributed by atoms with Crippen LogP contribution in [0.3, 0.4) is 0 Å². The first-order valence-corrected chi connectivity index (χ1v) is 7.62. The van der Waals surface area contributed by atoms with Gasteiger partial charge in [-0.25, -0.2) is 9.59 Å². The monoisotopic (exact) mass is 335 g/mol. The van der Waals surface area contributed by atoms with E-state index in [9.17, 15) is 19.5 Å². The van der Waals surface area contributed by atoms with Crippen molar-refractivity contribution < 1.29 is 19.5 Å². The van der Waals surface area contributed by atoms with Crippen molar-refractivity contribution in [3.63, 3.8) is 0 Å². The van der Waals surface area contributed by atoms with Crippen molar-refractivity contribution in [3.05, 3.63) is 34.9 Å². The standard InChI is InChI=1S/C15H14ClN3O4/c1-14-11(20)17-12(21)19(14)8-6-15(14,18(7-8)13(22)23)9-4-2-3-5-10(9)16/h2-5,8H,6-7H2,1H3,(H,22,23)(H,17,20,21). The summed E-state index contributed by atoms with van der Waals surface area (Å²) in [7, 11) is 0. The topological polar surface area (TPSA) is 90.0 Å². The number of nitrogens with zero attached hydrogens (tertiary/aromatic N) is 2. The molecular formula is C15H14ClN3O4. The Morgan fingerprint density at radius 2 is 2.09 bits per heavy atom. The number of carboxylic acid groups (broad SMARTS) is 1. The SMILES string of the molecule is CC12C(=O)NC(=O)N1C1CN(C(=O)O)C2(c2ccccc2Cl)C1. The molecule has 0 spiro atoms. The summed E-state index contributed by atoms with van der Waals surface area (Å²) in [6, 6.07) is 6.07. The van der Waals surface area contributed by atoms with Gasteiger partial charge >= 0.3 is 12.1 Å². The van der Waals surface area contributed by atoms with Gasteiger partial charge in [-0.15, -0.1) is 0 Å². The zero-order chi connectivity index (χ0) is 16.6. The summed E-state index contributed by atoms with van der Waals surface area (Å²) in [6.07, 6.45) is -0.765. The second-order valence-electron chi connectivity index (χ2n) is 6.29. The molecule has 3 aliphatic rings. The van der Waals surface area contributed by atoms with Crippen LogP contribution in [0.25, 0.3) is 0 Å². The Morgan fingerprint density at radius 3 is 2.74 bits per heavy atom. The van der Waals surface area contributed by atoms with Gasteiger partial charge < -0.3 is 10.0 Å². The van der Waals surface area contributed by atoms with E-state index in [1.165, 1.54) is 9.80 Å². The number of fused-ring (bicyclic) bond motifs is 5. The highest BCUT2D eigenvalue weighted by Crippen LogP contribution is 2.59. The van der Waals surface area contributed by atoms with Crippen LogP contribution >= 0.6 is 11.6 Å². The molecule has 3 heterocycles. The molecule has 4 rings (SSSR count). The molecule has 3 fully saturated rings. The molecule has 1 aromatic rings. The first-order chi connectivity index (χ1) is 10.8. The molecule has 1 aromatic carbocycles. The Bertz CT molecular complexity index is 769. The van der Waals surface area contributed by atoms with Gasteiger partial charge in [0, 0.05) is 18.0 Å². The number of amides is 4. The highest BCUT2D eigenvalue weighted by atomic mass is 35.5. The minimum absolute atomic E-state index is 0.164. The van der Waals surface area contributed by atoms with Gasteiger partial charge in [0.15, 0.2) is 0 Å². The molecule has 2 N–H and O–H groups in total. The molecule has 4 amide bonds. The minimum atomic E-state index is -1.31. The Kier molecular flexibility index (Phi) is 2.60. The number of benzene rings is 1. The molecule has 3 unspecified atom stereocenters. The second kappa shape index (κ2) is 4.17. The van der Waals surface area contributed by atoms with Crippen molar-refractivity contribution in [1.82, 2.24) is 15.1 Å². The Balaban J connectivity index is 2.03. The van der Waals surface area contributed by atoms with Gasteiger partial charge in [-0.1, -0.05) is 29.8 Å². The van der Waals surface area contributed by atoms with Crippen molar-refractivity contribution >= 4 is 29.6 Å². The maximum atomic E-state index is 12.6. The first-order valence-electron chi connectivity index (χ1n) is 7.24. The minimum Gasteiger partial charge on any atom is -0.465 e. The summed E-state index contributed by atoms with van der Waals surface area (Å²) < 4.78 is 0. The van der Waals surface area contributed by atoms with Crippen LogP contribution in [-0.2, 0) is 10.3 Å². The van der Waals surface area contributed by atoms with Crippen LogP contribution in [0.1, 0.15) is 18.9 Å². The van der Waals surface area contributed by atoms with Crippen molar-refractivity contribution in [2.45, 2.75) is 30.5 Å². The number of hydrogen-bond acceptors (Lipinski definition) is 3. The average Bonchev–Trinajstić information content (AvgIpc) is 3.07. The van der Waals surface area contributed by atoms with Crippen molar-refractivity contribution in [2.24, 2.45) is 0 Å². The van der Waals surface area contributed by atoms with Gasteiger partial charge in [-0.2, -0.15) is 0 Å². The third-order valence-electron chi connectivity index (χ3n) is 5.47. The van der Waals surface area contributed by atoms with Gasteiger partial charge in [0.25, 0.3) is 5.91 Å². The quantitative estimate of drug-likeness (QED) is 0.763. The van der Waals surface area contributed by atoms with Crippen LogP contribution in [-0.4, -0.2) is 51.1 Å². The van der Waals surface area contributed by atoms with Crippen LogP contribution < -0.4 is 5.32 Å². The highest BCUT2D eigenvalue weighted by molar-refractivity contribution is 6.31. The number of imide groups is 1. The molecule has 3 atom stereocenters. The maximum Gasteiger partial charge on any atom is 0.408 e. The average molecular weight is 336 g/mol. The second-order valence-corrected chi connectivity index (χ2v) is 6.70. The molecule has 0 aliphatic carbocycles. The fourth-order valence-electron chi connectivity index (χ4n) is 4.58. The smallest absolute Gasteiger partial charge is 0.408 e. The molecule has 8 heteroatoms. The van der Waals surface area contributed by atoms with Crippen LogP contribution in [0, 0.1) is 0 Å². The van der Waals surface area contributed by atoms with Crippen molar-refractivity contribution in [2.75, 3.05) is 6.54 Å². The number of urea groups is 1. The van der Waals surface area contributed by atoms with Crippen LogP contribution in [0.5, 0.6) is 0 Å². The van der Waals surface area contributed by atoms with E-state index in [0.29, 0.717) is 17.0 Å². The number of carbonyl (C=O) groups is 3. The van der Waals surface area contributed by atoms with Gasteiger partial charge in [0.1, 0.15) is 11.1 Å². The summed E-state index contributed by atoms with van der Waals surface area (Å²) in [5.74, 6) is -0.490. The van der Waals surface area contributed by atoms with E-state index < -0.39 is 29.1 Å². The summed E-state index contributed by atoms with van der Waals surface area (Å²) in [5, 5.41) is 12.4. The molecule has 3 saturated heterocycles. The molecule has 0 radical (unpaired) electrons. The normalized spacial score (nSPS) is 34.8. The number of likely N-dealkylation sites (tertiary alicyclic amines) is 1. The number of nitrogens with one attached hydrogen (secondary N) is 1. The third kappa shape index (κ3) is 1.39. The fraction of sp³-hybridized carbons (Fsp3) is 0.400. The molecule has 7 nitrogen and oxygen atoms in total. The van der Waals surface area contributed by atoms with Crippen molar-refractivity contribution in [1.29, 1.82) is 0 Å². The lowest BCUT2D eigenvalue weighted by Crippen LogP contribution is -2.68. The Hall–Kier alpha value is -2.28.